The molecular weight excluding hydrogens is 338 g/mol. The van der Waals surface area contributed by atoms with Gasteiger partial charge in [0.15, 0.2) is 0 Å². The molecule has 2 fully saturated rings. The molecule has 2 heterocycles. The Balaban J connectivity index is 1.39. The zero-order valence-electron chi connectivity index (χ0n) is 16.5. The van der Waals surface area contributed by atoms with Gasteiger partial charge in [-0.2, -0.15) is 0 Å². The van der Waals surface area contributed by atoms with Crippen LogP contribution in [0.2, 0.25) is 0 Å². The van der Waals surface area contributed by atoms with Crippen LogP contribution in [0.4, 0.5) is 5.69 Å². The number of para-hydroxylation sites is 1. The van der Waals surface area contributed by atoms with Crippen molar-refractivity contribution in [3.63, 3.8) is 0 Å². The van der Waals surface area contributed by atoms with Crippen LogP contribution in [-0.2, 0) is 9.59 Å². The summed E-state index contributed by atoms with van der Waals surface area (Å²) in [6.45, 7) is 2.71. The van der Waals surface area contributed by atoms with E-state index in [9.17, 15) is 9.59 Å². The van der Waals surface area contributed by atoms with E-state index in [1.54, 1.807) is 0 Å². The lowest BCUT2D eigenvalue weighted by Gasteiger charge is -2.36. The maximum atomic E-state index is 12.9. The van der Waals surface area contributed by atoms with Crippen molar-refractivity contribution in [2.45, 2.75) is 57.4 Å². The highest BCUT2D eigenvalue weighted by Gasteiger charge is 2.31. The van der Waals surface area contributed by atoms with Crippen LogP contribution in [0, 0.1) is 5.92 Å². The van der Waals surface area contributed by atoms with Crippen molar-refractivity contribution in [3.05, 3.63) is 30.3 Å². The maximum Gasteiger partial charge on any atom is 0.239 e. The fraction of sp³-hybridized carbons (Fsp3) is 0.636. The number of likely N-dealkylation sites (N-methyl/N-ethyl adjacent to an activating group) is 1. The summed E-state index contributed by atoms with van der Waals surface area (Å²) in [5, 5.41) is 2.95. The summed E-state index contributed by atoms with van der Waals surface area (Å²) >= 11 is 0. The summed E-state index contributed by atoms with van der Waals surface area (Å²) in [4.78, 5) is 29.3. The third kappa shape index (κ3) is 5.80. The molecule has 5 heteroatoms. The fourth-order valence-corrected chi connectivity index (χ4v) is 4.30. The van der Waals surface area contributed by atoms with E-state index < -0.39 is 0 Å². The van der Waals surface area contributed by atoms with Gasteiger partial charge in [-0.3, -0.25) is 14.5 Å². The van der Waals surface area contributed by atoms with E-state index in [1.807, 2.05) is 30.3 Å². The molecule has 1 N–H and O–H groups in total. The molecule has 27 heavy (non-hydrogen) atoms. The van der Waals surface area contributed by atoms with Gasteiger partial charge in [-0.05, 0) is 63.7 Å². The van der Waals surface area contributed by atoms with E-state index in [2.05, 4.69) is 22.2 Å². The van der Waals surface area contributed by atoms with Gasteiger partial charge in [0.25, 0.3) is 0 Å². The Kier molecular flexibility index (Phi) is 7.27. The third-order valence-corrected chi connectivity index (χ3v) is 6.07. The molecule has 2 aliphatic rings. The van der Waals surface area contributed by atoms with E-state index in [0.717, 1.165) is 57.4 Å². The minimum Gasteiger partial charge on any atom is -0.341 e. The largest absolute Gasteiger partial charge is 0.341 e. The number of amides is 2. The summed E-state index contributed by atoms with van der Waals surface area (Å²) in [5.74, 6) is 0.946. The lowest BCUT2D eigenvalue weighted by Crippen LogP contribution is -2.49. The van der Waals surface area contributed by atoms with E-state index in [4.69, 9.17) is 0 Å². The quantitative estimate of drug-likeness (QED) is 0.862. The summed E-state index contributed by atoms with van der Waals surface area (Å²) in [7, 11) is 2.09. The zero-order chi connectivity index (χ0) is 19.1. The normalized spacial score (nSPS) is 22.3. The van der Waals surface area contributed by atoms with Gasteiger partial charge in [0.05, 0.1) is 6.04 Å². The van der Waals surface area contributed by atoms with Gasteiger partial charge in [0, 0.05) is 25.2 Å². The smallest absolute Gasteiger partial charge is 0.239 e. The highest BCUT2D eigenvalue weighted by Crippen LogP contribution is 2.25. The minimum absolute atomic E-state index is 0.0701. The standard InChI is InChI=1S/C22H33N3O2/c1-24-15-7-3-6-10-20(24)22(27)25-16-13-18(14-17-25)11-12-21(26)23-19-8-4-2-5-9-19/h2,4-5,8-9,18,20H,3,6-7,10-17H2,1H3,(H,23,26). The molecule has 0 spiro atoms. The molecule has 1 aromatic rings. The molecule has 3 rings (SSSR count). The highest BCUT2D eigenvalue weighted by molar-refractivity contribution is 5.90. The highest BCUT2D eigenvalue weighted by atomic mass is 16.2. The Hall–Kier alpha value is -1.88. The lowest BCUT2D eigenvalue weighted by molar-refractivity contribution is -0.138. The van der Waals surface area contributed by atoms with E-state index in [0.29, 0.717) is 18.2 Å². The number of nitrogens with zero attached hydrogens (tertiary/aromatic N) is 2. The number of hydrogen-bond acceptors (Lipinski definition) is 3. The monoisotopic (exact) mass is 371 g/mol. The van der Waals surface area contributed by atoms with Gasteiger partial charge in [0.2, 0.25) is 11.8 Å². The van der Waals surface area contributed by atoms with Crippen LogP contribution < -0.4 is 5.32 Å². The second kappa shape index (κ2) is 9.88. The number of carbonyl (C=O) groups is 2. The number of piperidine rings is 1. The molecule has 0 aliphatic carbocycles. The van der Waals surface area contributed by atoms with Crippen LogP contribution in [-0.4, -0.2) is 54.3 Å². The fourth-order valence-electron chi connectivity index (χ4n) is 4.30. The molecule has 1 atom stereocenters. The molecule has 0 aromatic heterocycles. The van der Waals surface area contributed by atoms with Crippen molar-refractivity contribution in [1.29, 1.82) is 0 Å². The lowest BCUT2D eigenvalue weighted by atomic mass is 9.91. The molecule has 2 aliphatic heterocycles. The van der Waals surface area contributed by atoms with Crippen molar-refractivity contribution in [2.75, 3.05) is 32.0 Å². The van der Waals surface area contributed by atoms with Gasteiger partial charge in [0.1, 0.15) is 0 Å². The molecule has 2 saturated heterocycles. The van der Waals surface area contributed by atoms with Crippen LogP contribution in [0.3, 0.4) is 0 Å². The summed E-state index contributed by atoms with van der Waals surface area (Å²) in [6, 6.07) is 9.68. The van der Waals surface area contributed by atoms with Crippen LogP contribution >= 0.6 is 0 Å². The maximum absolute atomic E-state index is 12.9. The Bertz CT molecular complexity index is 611. The first kappa shape index (κ1) is 19.9. The number of likely N-dealkylation sites (tertiary alicyclic amines) is 2. The second-order valence-corrected chi connectivity index (χ2v) is 8.07. The van der Waals surface area contributed by atoms with Crippen molar-refractivity contribution >= 4 is 17.5 Å². The van der Waals surface area contributed by atoms with Gasteiger partial charge >= 0.3 is 0 Å². The first-order valence-corrected chi connectivity index (χ1v) is 10.5. The Labute approximate surface area is 163 Å². The predicted molar refractivity (Wildman–Crippen MR) is 108 cm³/mol. The SMILES string of the molecule is CN1CCCCCC1C(=O)N1CCC(CCC(=O)Nc2ccccc2)CC1. The predicted octanol–water partition coefficient (Wildman–Crippen LogP) is 3.52. The number of hydrogen-bond donors (Lipinski definition) is 1. The first-order valence-electron chi connectivity index (χ1n) is 10.5. The third-order valence-electron chi connectivity index (χ3n) is 6.07. The van der Waals surface area contributed by atoms with Crippen molar-refractivity contribution in [3.8, 4) is 0 Å². The summed E-state index contributed by atoms with van der Waals surface area (Å²) in [5.41, 5.74) is 0.857. The zero-order valence-corrected chi connectivity index (χ0v) is 16.5. The van der Waals surface area contributed by atoms with E-state index >= 15 is 0 Å². The molecule has 1 aromatic carbocycles. The first-order chi connectivity index (χ1) is 13.1. The molecule has 148 valence electrons. The molecule has 1 unspecified atom stereocenters. The molecule has 0 saturated carbocycles. The number of rotatable bonds is 5. The van der Waals surface area contributed by atoms with Crippen LogP contribution in [0.5, 0.6) is 0 Å². The van der Waals surface area contributed by atoms with Gasteiger partial charge in [-0.1, -0.05) is 31.0 Å². The molecule has 0 bridgehead atoms. The number of carbonyl (C=O) groups excluding carboxylic acids is 2. The number of anilines is 1. The second-order valence-electron chi connectivity index (χ2n) is 8.07. The molecular formula is C22H33N3O2. The molecule has 0 radical (unpaired) electrons. The van der Waals surface area contributed by atoms with Gasteiger partial charge < -0.3 is 10.2 Å². The summed E-state index contributed by atoms with van der Waals surface area (Å²) < 4.78 is 0. The Morgan fingerprint density at radius 1 is 1.00 bits per heavy atom. The van der Waals surface area contributed by atoms with Crippen molar-refractivity contribution in [1.82, 2.24) is 9.80 Å². The van der Waals surface area contributed by atoms with Crippen molar-refractivity contribution in [2.24, 2.45) is 5.92 Å². The van der Waals surface area contributed by atoms with Crippen LogP contribution in [0.15, 0.2) is 30.3 Å². The average molecular weight is 372 g/mol. The van der Waals surface area contributed by atoms with E-state index in [1.165, 1.54) is 12.8 Å². The topological polar surface area (TPSA) is 52.7 Å². The van der Waals surface area contributed by atoms with Gasteiger partial charge in [-0.25, -0.2) is 0 Å². The number of benzene rings is 1. The van der Waals surface area contributed by atoms with Crippen LogP contribution in [0.1, 0.15) is 51.4 Å². The number of nitrogens with one attached hydrogen (secondary N) is 1. The van der Waals surface area contributed by atoms with Gasteiger partial charge in [-0.15, -0.1) is 0 Å². The molecule has 5 nitrogen and oxygen atoms in total. The average Bonchev–Trinajstić information content (AvgIpc) is 2.91. The molecule has 2 amide bonds. The Morgan fingerprint density at radius 3 is 2.48 bits per heavy atom. The minimum atomic E-state index is 0.0701. The summed E-state index contributed by atoms with van der Waals surface area (Å²) in [6.07, 6.45) is 8.09. The Morgan fingerprint density at radius 2 is 1.74 bits per heavy atom. The van der Waals surface area contributed by atoms with Crippen LogP contribution in [0.25, 0.3) is 0 Å². The van der Waals surface area contributed by atoms with Crippen molar-refractivity contribution < 1.29 is 9.59 Å². The van der Waals surface area contributed by atoms with E-state index in [-0.39, 0.29) is 11.9 Å².